The van der Waals surface area contributed by atoms with E-state index in [9.17, 15) is 23.1 Å². The Morgan fingerprint density at radius 3 is 2.32 bits per heavy atom. The molecule has 0 aromatic heterocycles. The Bertz CT molecular complexity index is 429. The summed E-state index contributed by atoms with van der Waals surface area (Å²) in [6.07, 6.45) is -5.85. The first-order valence-electron chi connectivity index (χ1n) is 5.77. The van der Waals surface area contributed by atoms with Gasteiger partial charge in [0.1, 0.15) is 0 Å². The summed E-state index contributed by atoms with van der Waals surface area (Å²) in [6.45, 7) is 2.25. The van der Waals surface area contributed by atoms with E-state index in [2.05, 4.69) is 5.32 Å². The van der Waals surface area contributed by atoms with Crippen LogP contribution in [0, 0.1) is 0 Å². The summed E-state index contributed by atoms with van der Waals surface area (Å²) in [5, 5.41) is 11.6. The number of benzene rings is 1. The van der Waals surface area contributed by atoms with E-state index < -0.39 is 30.1 Å². The molecule has 0 radical (unpaired) electrons. The average molecular weight is 275 g/mol. The van der Waals surface area contributed by atoms with E-state index in [1.165, 1.54) is 0 Å². The molecule has 0 fully saturated rings. The van der Waals surface area contributed by atoms with Crippen molar-refractivity contribution < 1.29 is 23.1 Å². The molecule has 0 bridgehead atoms. The third kappa shape index (κ3) is 4.24. The molecule has 1 aromatic rings. The van der Waals surface area contributed by atoms with Crippen molar-refractivity contribution in [2.75, 3.05) is 0 Å². The van der Waals surface area contributed by atoms with Gasteiger partial charge in [-0.3, -0.25) is 4.79 Å². The number of carbonyl (C=O) groups excluding carboxylic acids is 1. The van der Waals surface area contributed by atoms with Gasteiger partial charge < -0.3 is 10.4 Å². The minimum Gasteiger partial charge on any atom is -0.380 e. The van der Waals surface area contributed by atoms with Crippen LogP contribution in [0.15, 0.2) is 30.3 Å². The van der Waals surface area contributed by atoms with Crippen molar-refractivity contribution in [2.45, 2.75) is 38.1 Å². The molecule has 1 aromatic carbocycles. The van der Waals surface area contributed by atoms with E-state index in [-0.39, 0.29) is 0 Å². The van der Waals surface area contributed by atoms with E-state index in [0.29, 0.717) is 6.92 Å². The van der Waals surface area contributed by atoms with Crippen LogP contribution >= 0.6 is 0 Å². The number of nitrogens with one attached hydrogen (secondary N) is 1. The highest BCUT2D eigenvalue weighted by Gasteiger charge is 2.51. The molecule has 0 heterocycles. The minimum absolute atomic E-state index is 0.419. The second-order valence-electron chi connectivity index (χ2n) is 4.65. The van der Waals surface area contributed by atoms with E-state index >= 15 is 0 Å². The maximum Gasteiger partial charge on any atom is 0.417 e. The van der Waals surface area contributed by atoms with Crippen LogP contribution in [0.2, 0.25) is 0 Å². The standard InChI is InChI=1S/C13H16F3NO2/c1-9(10-6-4-3-5-7-10)17-11(18)8-12(2,19)13(14,15)16/h3-7,9,19H,8H2,1-2H3,(H,17,18)/t9-,12+/m1/s1. The van der Waals surface area contributed by atoms with E-state index in [4.69, 9.17) is 0 Å². The fourth-order valence-corrected chi connectivity index (χ4v) is 1.53. The molecule has 106 valence electrons. The quantitative estimate of drug-likeness (QED) is 0.887. The number of rotatable bonds is 4. The lowest BCUT2D eigenvalue weighted by Gasteiger charge is -2.26. The average Bonchev–Trinajstić information content (AvgIpc) is 2.27. The fraction of sp³-hybridized carbons (Fsp3) is 0.462. The Balaban J connectivity index is 2.62. The molecule has 3 nitrogen and oxygen atoms in total. The lowest BCUT2D eigenvalue weighted by Crippen LogP contribution is -2.46. The van der Waals surface area contributed by atoms with Crippen LogP contribution in [0.5, 0.6) is 0 Å². The number of carbonyl (C=O) groups is 1. The first-order chi connectivity index (χ1) is 8.63. The van der Waals surface area contributed by atoms with Crippen LogP contribution in [-0.2, 0) is 4.79 Å². The minimum atomic E-state index is -4.83. The molecule has 19 heavy (non-hydrogen) atoms. The predicted molar refractivity (Wildman–Crippen MR) is 64.3 cm³/mol. The smallest absolute Gasteiger partial charge is 0.380 e. The summed E-state index contributed by atoms with van der Waals surface area (Å²) in [4.78, 5) is 11.5. The summed E-state index contributed by atoms with van der Waals surface area (Å²) in [5.41, 5.74) is -2.24. The molecule has 0 saturated heterocycles. The van der Waals surface area contributed by atoms with E-state index in [1.54, 1.807) is 37.3 Å². The fourth-order valence-electron chi connectivity index (χ4n) is 1.53. The molecule has 0 aliphatic heterocycles. The molecule has 2 N–H and O–H groups in total. The summed E-state index contributed by atoms with van der Waals surface area (Å²) in [7, 11) is 0. The number of hydrogen-bond acceptors (Lipinski definition) is 2. The van der Waals surface area contributed by atoms with Crippen LogP contribution in [0.3, 0.4) is 0 Å². The Morgan fingerprint density at radius 1 is 1.32 bits per heavy atom. The van der Waals surface area contributed by atoms with Crippen molar-refractivity contribution >= 4 is 5.91 Å². The largest absolute Gasteiger partial charge is 0.417 e. The van der Waals surface area contributed by atoms with Gasteiger partial charge in [-0.2, -0.15) is 13.2 Å². The molecule has 2 atom stereocenters. The summed E-state index contributed by atoms with van der Waals surface area (Å²) >= 11 is 0. The molecule has 0 saturated carbocycles. The molecule has 0 unspecified atom stereocenters. The number of alkyl halides is 3. The van der Waals surface area contributed by atoms with Gasteiger partial charge in [-0.25, -0.2) is 0 Å². The molecule has 1 rings (SSSR count). The Hall–Kier alpha value is -1.56. The summed E-state index contributed by atoms with van der Waals surface area (Å²) in [5.74, 6) is -0.848. The normalized spacial score (nSPS) is 16.5. The van der Waals surface area contributed by atoms with Crippen LogP contribution in [0.4, 0.5) is 13.2 Å². The summed E-state index contributed by atoms with van der Waals surface area (Å²) in [6, 6.07) is 8.43. The van der Waals surface area contributed by atoms with Gasteiger partial charge in [0.05, 0.1) is 12.5 Å². The highest BCUT2D eigenvalue weighted by atomic mass is 19.4. The first-order valence-corrected chi connectivity index (χ1v) is 5.77. The third-order valence-corrected chi connectivity index (χ3v) is 2.79. The SMILES string of the molecule is C[C@@H](NC(=O)C[C@](C)(O)C(F)(F)F)c1ccccc1. The Morgan fingerprint density at radius 2 is 1.84 bits per heavy atom. The molecule has 6 heteroatoms. The molecular formula is C13H16F3NO2. The maximum atomic E-state index is 12.4. The van der Waals surface area contributed by atoms with Crippen LogP contribution in [-0.4, -0.2) is 22.8 Å². The van der Waals surface area contributed by atoms with Gasteiger partial charge in [0, 0.05) is 0 Å². The first kappa shape index (κ1) is 15.5. The Labute approximate surface area is 109 Å². The van der Waals surface area contributed by atoms with Crippen molar-refractivity contribution in [1.82, 2.24) is 5.32 Å². The zero-order chi connectivity index (χ0) is 14.7. The van der Waals surface area contributed by atoms with Gasteiger partial charge in [0.15, 0.2) is 5.60 Å². The monoisotopic (exact) mass is 275 g/mol. The van der Waals surface area contributed by atoms with Crippen molar-refractivity contribution in [3.8, 4) is 0 Å². The molecule has 0 aliphatic carbocycles. The van der Waals surface area contributed by atoms with Crippen LogP contribution in [0.25, 0.3) is 0 Å². The Kier molecular flexibility index (Phi) is 4.57. The van der Waals surface area contributed by atoms with Crippen molar-refractivity contribution in [2.24, 2.45) is 0 Å². The van der Waals surface area contributed by atoms with Gasteiger partial charge >= 0.3 is 6.18 Å². The van der Waals surface area contributed by atoms with E-state index in [1.807, 2.05) is 0 Å². The molecule has 0 aliphatic rings. The summed E-state index contributed by atoms with van der Waals surface area (Å²) < 4.78 is 37.3. The van der Waals surface area contributed by atoms with Gasteiger partial charge in [0.25, 0.3) is 0 Å². The molecule has 1 amide bonds. The van der Waals surface area contributed by atoms with Gasteiger partial charge in [-0.1, -0.05) is 30.3 Å². The lowest BCUT2D eigenvalue weighted by atomic mass is 10.0. The zero-order valence-electron chi connectivity index (χ0n) is 10.7. The molecule has 0 spiro atoms. The number of hydrogen-bond donors (Lipinski definition) is 2. The van der Waals surface area contributed by atoms with Crippen molar-refractivity contribution in [3.05, 3.63) is 35.9 Å². The third-order valence-electron chi connectivity index (χ3n) is 2.79. The highest BCUT2D eigenvalue weighted by molar-refractivity contribution is 5.77. The maximum absolute atomic E-state index is 12.4. The van der Waals surface area contributed by atoms with Crippen LogP contribution in [0.1, 0.15) is 31.9 Å². The van der Waals surface area contributed by atoms with Crippen molar-refractivity contribution in [3.63, 3.8) is 0 Å². The number of amides is 1. The molecular weight excluding hydrogens is 259 g/mol. The van der Waals surface area contributed by atoms with Gasteiger partial charge in [-0.15, -0.1) is 0 Å². The predicted octanol–water partition coefficient (Wildman–Crippen LogP) is 2.57. The van der Waals surface area contributed by atoms with Gasteiger partial charge in [-0.05, 0) is 19.4 Å². The van der Waals surface area contributed by atoms with Gasteiger partial charge in [0.2, 0.25) is 5.91 Å². The topological polar surface area (TPSA) is 49.3 Å². The number of halogens is 3. The van der Waals surface area contributed by atoms with Crippen molar-refractivity contribution in [1.29, 1.82) is 0 Å². The second kappa shape index (κ2) is 5.61. The lowest BCUT2D eigenvalue weighted by molar-refractivity contribution is -0.253. The highest BCUT2D eigenvalue weighted by Crippen LogP contribution is 2.32. The van der Waals surface area contributed by atoms with E-state index in [0.717, 1.165) is 5.56 Å². The number of aliphatic hydroxyl groups is 1. The van der Waals surface area contributed by atoms with Crippen LogP contribution < -0.4 is 5.32 Å². The zero-order valence-corrected chi connectivity index (χ0v) is 10.7. The second-order valence-corrected chi connectivity index (χ2v) is 4.65.